The SMILES string of the molecule is CCCCC(CC)C(=O)O.CO[Si](CCCS)(OC)OC. The van der Waals surface area contributed by atoms with Gasteiger partial charge in [0.1, 0.15) is 0 Å². The molecule has 0 aromatic heterocycles. The average molecular weight is 341 g/mol. The van der Waals surface area contributed by atoms with Gasteiger partial charge in [-0.25, -0.2) is 0 Å². The molecule has 1 atom stereocenters. The summed E-state index contributed by atoms with van der Waals surface area (Å²) in [4.78, 5) is 10.4. The van der Waals surface area contributed by atoms with Crippen molar-refractivity contribution in [2.45, 2.75) is 52.0 Å². The molecule has 1 unspecified atom stereocenters. The van der Waals surface area contributed by atoms with E-state index in [0.29, 0.717) is 0 Å². The van der Waals surface area contributed by atoms with E-state index in [1.54, 1.807) is 21.3 Å². The Hall–Kier alpha value is -0.0831. The summed E-state index contributed by atoms with van der Waals surface area (Å²) in [5.41, 5.74) is 0. The van der Waals surface area contributed by atoms with Gasteiger partial charge < -0.3 is 18.4 Å². The van der Waals surface area contributed by atoms with Gasteiger partial charge in [-0.3, -0.25) is 4.79 Å². The fourth-order valence-corrected chi connectivity index (χ4v) is 3.98. The van der Waals surface area contributed by atoms with E-state index in [0.717, 1.165) is 43.9 Å². The van der Waals surface area contributed by atoms with Crippen molar-refractivity contribution in [1.29, 1.82) is 0 Å². The number of thiol groups is 1. The summed E-state index contributed by atoms with van der Waals surface area (Å²) in [7, 11) is 2.58. The quantitative estimate of drug-likeness (QED) is 0.445. The molecule has 0 radical (unpaired) electrons. The molecular weight excluding hydrogens is 308 g/mol. The molecule has 0 saturated carbocycles. The average Bonchev–Trinajstić information content (AvgIpc) is 2.50. The minimum absolute atomic E-state index is 0.111. The first kappa shape index (κ1) is 23.2. The van der Waals surface area contributed by atoms with Gasteiger partial charge in [0.15, 0.2) is 0 Å². The number of unbranched alkanes of at least 4 members (excludes halogenated alkanes) is 1. The lowest BCUT2D eigenvalue weighted by Crippen LogP contribution is -2.42. The topological polar surface area (TPSA) is 65.0 Å². The van der Waals surface area contributed by atoms with E-state index in [9.17, 15) is 4.79 Å². The molecule has 1 N–H and O–H groups in total. The van der Waals surface area contributed by atoms with Gasteiger partial charge in [-0.05, 0) is 25.0 Å². The third-order valence-corrected chi connectivity index (χ3v) is 6.47. The maximum atomic E-state index is 10.4. The second-order valence-electron chi connectivity index (χ2n) is 4.71. The van der Waals surface area contributed by atoms with Crippen LogP contribution in [0.5, 0.6) is 0 Å². The van der Waals surface area contributed by atoms with Crippen LogP contribution < -0.4 is 0 Å². The number of aliphatic carboxylic acids is 1. The van der Waals surface area contributed by atoms with Crippen LogP contribution in [0.15, 0.2) is 0 Å². The number of carbonyl (C=O) groups is 1. The van der Waals surface area contributed by atoms with Gasteiger partial charge >= 0.3 is 14.8 Å². The second-order valence-corrected chi connectivity index (χ2v) is 8.25. The number of hydrogen-bond acceptors (Lipinski definition) is 5. The van der Waals surface area contributed by atoms with Crippen molar-refractivity contribution in [2.24, 2.45) is 5.92 Å². The van der Waals surface area contributed by atoms with E-state index in [4.69, 9.17) is 18.4 Å². The molecule has 21 heavy (non-hydrogen) atoms. The Labute approximate surface area is 136 Å². The van der Waals surface area contributed by atoms with Crippen LogP contribution in [0, 0.1) is 5.92 Å². The first-order valence-corrected chi connectivity index (χ1v) is 10.0. The fraction of sp³-hybridized carbons (Fsp3) is 0.929. The van der Waals surface area contributed by atoms with Crippen LogP contribution >= 0.6 is 12.6 Å². The van der Waals surface area contributed by atoms with E-state index in [-0.39, 0.29) is 5.92 Å². The van der Waals surface area contributed by atoms with Crippen molar-refractivity contribution in [3.63, 3.8) is 0 Å². The first-order valence-electron chi connectivity index (χ1n) is 7.45. The lowest BCUT2D eigenvalue weighted by Gasteiger charge is -2.23. The highest BCUT2D eigenvalue weighted by molar-refractivity contribution is 7.80. The molecule has 0 bridgehead atoms. The standard InChI is InChI=1S/C8H16O2.C6H16O3SSi/c1-3-5-6-7(4-2)8(9)10;1-7-11(8-2,9-3)6-4-5-10/h7H,3-6H2,1-2H3,(H,9,10);10H,4-6H2,1-3H3. The first-order chi connectivity index (χ1) is 9.96. The molecule has 0 saturated heterocycles. The molecule has 0 fully saturated rings. The van der Waals surface area contributed by atoms with Crippen molar-refractivity contribution in [1.82, 2.24) is 0 Å². The summed E-state index contributed by atoms with van der Waals surface area (Å²) in [6.45, 7) is 4.00. The fourth-order valence-electron chi connectivity index (χ4n) is 1.80. The molecule has 0 spiro atoms. The second kappa shape index (κ2) is 14.8. The van der Waals surface area contributed by atoms with Crippen LogP contribution in [0.3, 0.4) is 0 Å². The van der Waals surface area contributed by atoms with Crippen LogP contribution in [-0.2, 0) is 18.1 Å². The number of rotatable bonds is 11. The molecule has 0 rings (SSSR count). The molecule has 7 heteroatoms. The van der Waals surface area contributed by atoms with E-state index < -0.39 is 14.8 Å². The Kier molecular flexibility index (Phi) is 16.4. The van der Waals surface area contributed by atoms with Crippen molar-refractivity contribution >= 4 is 27.4 Å². The van der Waals surface area contributed by atoms with Crippen LogP contribution in [-0.4, -0.2) is 47.0 Å². The highest BCUT2D eigenvalue weighted by Crippen LogP contribution is 2.14. The molecule has 0 aliphatic heterocycles. The molecule has 0 aliphatic rings. The highest BCUT2D eigenvalue weighted by atomic mass is 32.1. The van der Waals surface area contributed by atoms with E-state index in [1.807, 2.05) is 6.92 Å². The Morgan fingerprint density at radius 2 is 1.67 bits per heavy atom. The van der Waals surface area contributed by atoms with Crippen molar-refractivity contribution < 1.29 is 23.2 Å². The minimum Gasteiger partial charge on any atom is -0.481 e. The maximum Gasteiger partial charge on any atom is 0.500 e. The molecule has 5 nitrogen and oxygen atoms in total. The minimum atomic E-state index is -2.29. The van der Waals surface area contributed by atoms with Gasteiger partial charge in [0.25, 0.3) is 0 Å². The number of carboxylic acid groups (broad SMARTS) is 1. The monoisotopic (exact) mass is 340 g/mol. The summed E-state index contributed by atoms with van der Waals surface area (Å²) in [5, 5.41) is 8.60. The molecular formula is C14H32O5SSi. The smallest absolute Gasteiger partial charge is 0.481 e. The summed E-state index contributed by atoms with van der Waals surface area (Å²) in [6.07, 6.45) is 4.68. The molecule has 0 amide bonds. The highest BCUT2D eigenvalue weighted by Gasteiger charge is 2.36. The zero-order valence-electron chi connectivity index (χ0n) is 14.1. The summed E-state index contributed by atoms with van der Waals surface area (Å²) in [5.74, 6) is 0.0843. The Bertz CT molecular complexity index is 241. The van der Waals surface area contributed by atoms with Crippen LogP contribution in [0.25, 0.3) is 0 Å². The van der Waals surface area contributed by atoms with Gasteiger partial charge in [0.05, 0.1) is 5.92 Å². The van der Waals surface area contributed by atoms with Crippen LogP contribution in [0.2, 0.25) is 6.04 Å². The van der Waals surface area contributed by atoms with Crippen LogP contribution in [0.4, 0.5) is 0 Å². The van der Waals surface area contributed by atoms with Crippen molar-refractivity contribution in [3.8, 4) is 0 Å². The normalized spacial score (nSPS) is 12.5. The zero-order chi connectivity index (χ0) is 16.7. The number of hydrogen-bond donors (Lipinski definition) is 2. The molecule has 0 aromatic rings. The van der Waals surface area contributed by atoms with Gasteiger partial charge in [-0.2, -0.15) is 12.6 Å². The van der Waals surface area contributed by atoms with Gasteiger partial charge in [0, 0.05) is 27.4 Å². The molecule has 0 aromatic carbocycles. The van der Waals surface area contributed by atoms with E-state index in [2.05, 4.69) is 19.6 Å². The van der Waals surface area contributed by atoms with Crippen molar-refractivity contribution in [2.75, 3.05) is 27.1 Å². The Balaban J connectivity index is 0. The van der Waals surface area contributed by atoms with E-state index >= 15 is 0 Å². The zero-order valence-corrected chi connectivity index (χ0v) is 15.9. The maximum absolute atomic E-state index is 10.4. The lowest BCUT2D eigenvalue weighted by molar-refractivity contribution is -0.142. The Morgan fingerprint density at radius 3 is 1.95 bits per heavy atom. The molecule has 0 heterocycles. The van der Waals surface area contributed by atoms with Gasteiger partial charge in [0.2, 0.25) is 0 Å². The Morgan fingerprint density at radius 1 is 1.14 bits per heavy atom. The number of carboxylic acids is 1. The predicted molar refractivity (Wildman–Crippen MR) is 91.0 cm³/mol. The third kappa shape index (κ3) is 11.2. The summed E-state index contributed by atoms with van der Waals surface area (Å²) < 4.78 is 15.6. The largest absolute Gasteiger partial charge is 0.500 e. The summed E-state index contributed by atoms with van der Waals surface area (Å²) in [6, 6.07) is 0.833. The van der Waals surface area contributed by atoms with Gasteiger partial charge in [-0.15, -0.1) is 0 Å². The van der Waals surface area contributed by atoms with Crippen molar-refractivity contribution in [3.05, 3.63) is 0 Å². The lowest BCUT2D eigenvalue weighted by atomic mass is 10.00. The molecule has 128 valence electrons. The predicted octanol–water partition coefficient (Wildman–Crippen LogP) is 3.47. The molecule has 0 aliphatic carbocycles. The third-order valence-electron chi connectivity index (χ3n) is 3.32. The van der Waals surface area contributed by atoms with Gasteiger partial charge in [-0.1, -0.05) is 26.7 Å². The van der Waals surface area contributed by atoms with E-state index in [1.165, 1.54) is 0 Å². The van der Waals surface area contributed by atoms with Crippen LogP contribution in [0.1, 0.15) is 46.0 Å². The summed E-state index contributed by atoms with van der Waals surface area (Å²) >= 11 is 4.10.